The molecule has 0 spiro atoms. The second-order valence-corrected chi connectivity index (χ2v) is 4.09. The first-order chi connectivity index (χ1) is 5.74. The van der Waals surface area contributed by atoms with Crippen LogP contribution in [0, 0.1) is 11.8 Å². The van der Waals surface area contributed by atoms with E-state index in [4.69, 9.17) is 5.73 Å². The third-order valence-electron chi connectivity index (χ3n) is 2.92. The summed E-state index contributed by atoms with van der Waals surface area (Å²) in [6.45, 7) is 5.43. The molecule has 0 aromatic rings. The highest BCUT2D eigenvalue weighted by molar-refractivity contribution is 5.08. The van der Waals surface area contributed by atoms with E-state index in [1.807, 2.05) is 0 Å². The van der Waals surface area contributed by atoms with Crippen molar-refractivity contribution in [2.24, 2.45) is 17.6 Å². The van der Waals surface area contributed by atoms with E-state index in [0.29, 0.717) is 0 Å². The summed E-state index contributed by atoms with van der Waals surface area (Å²) in [5, 5.41) is 0. The topological polar surface area (TPSA) is 26.0 Å². The van der Waals surface area contributed by atoms with E-state index < -0.39 is 0 Å². The Morgan fingerprint density at radius 2 is 2.25 bits per heavy atom. The fourth-order valence-electron chi connectivity index (χ4n) is 2.10. The summed E-state index contributed by atoms with van der Waals surface area (Å²) < 4.78 is 0. The molecular formula is C11H21N. The van der Waals surface area contributed by atoms with Crippen molar-refractivity contribution in [3.05, 3.63) is 11.6 Å². The second kappa shape index (κ2) is 4.66. The Morgan fingerprint density at radius 1 is 1.50 bits per heavy atom. The first-order valence-corrected chi connectivity index (χ1v) is 5.12. The Bertz CT molecular complexity index is 160. The first kappa shape index (κ1) is 9.79. The minimum Gasteiger partial charge on any atom is -0.330 e. The lowest BCUT2D eigenvalue weighted by Gasteiger charge is -2.25. The van der Waals surface area contributed by atoms with Crippen molar-refractivity contribution in [3.8, 4) is 0 Å². The van der Waals surface area contributed by atoms with Gasteiger partial charge in [0, 0.05) is 0 Å². The van der Waals surface area contributed by atoms with Gasteiger partial charge in [-0.2, -0.15) is 0 Å². The molecule has 0 heterocycles. The number of rotatable bonds is 3. The third kappa shape index (κ3) is 2.63. The predicted octanol–water partition coefficient (Wildman–Crippen LogP) is 2.72. The molecule has 0 saturated carbocycles. The van der Waals surface area contributed by atoms with Gasteiger partial charge in [-0.1, -0.05) is 18.6 Å². The van der Waals surface area contributed by atoms with Gasteiger partial charge in [-0.3, -0.25) is 0 Å². The number of allylic oxidation sites excluding steroid dienone is 2. The molecule has 0 aromatic carbocycles. The van der Waals surface area contributed by atoms with Crippen molar-refractivity contribution in [2.45, 2.75) is 39.5 Å². The van der Waals surface area contributed by atoms with Crippen molar-refractivity contribution in [3.63, 3.8) is 0 Å². The van der Waals surface area contributed by atoms with Gasteiger partial charge in [-0.05, 0) is 51.0 Å². The van der Waals surface area contributed by atoms with Crippen LogP contribution in [-0.4, -0.2) is 6.54 Å². The lowest BCUT2D eigenvalue weighted by molar-refractivity contribution is 0.423. The highest BCUT2D eigenvalue weighted by Crippen LogP contribution is 2.30. The molecule has 1 nitrogen and oxygen atoms in total. The molecule has 2 atom stereocenters. The molecule has 12 heavy (non-hydrogen) atoms. The van der Waals surface area contributed by atoms with Gasteiger partial charge in [0.25, 0.3) is 0 Å². The van der Waals surface area contributed by atoms with E-state index in [2.05, 4.69) is 19.9 Å². The van der Waals surface area contributed by atoms with Crippen LogP contribution >= 0.6 is 0 Å². The van der Waals surface area contributed by atoms with Crippen molar-refractivity contribution >= 4 is 0 Å². The van der Waals surface area contributed by atoms with Crippen LogP contribution < -0.4 is 5.73 Å². The van der Waals surface area contributed by atoms with Crippen LogP contribution in [0.4, 0.5) is 0 Å². The zero-order valence-electron chi connectivity index (χ0n) is 8.34. The van der Waals surface area contributed by atoms with Crippen molar-refractivity contribution in [1.82, 2.24) is 0 Å². The number of hydrogen-bond acceptors (Lipinski definition) is 1. The Kier molecular flexibility index (Phi) is 3.80. The molecule has 1 heteroatoms. The zero-order chi connectivity index (χ0) is 8.97. The van der Waals surface area contributed by atoms with Gasteiger partial charge < -0.3 is 5.73 Å². The van der Waals surface area contributed by atoms with E-state index >= 15 is 0 Å². The fraction of sp³-hybridized carbons (Fsp3) is 0.818. The highest BCUT2D eigenvalue weighted by Gasteiger charge is 2.16. The third-order valence-corrected chi connectivity index (χ3v) is 2.92. The molecule has 70 valence electrons. The molecule has 0 bridgehead atoms. The molecule has 0 fully saturated rings. The Hall–Kier alpha value is -0.300. The molecule has 0 radical (unpaired) electrons. The zero-order valence-corrected chi connectivity index (χ0v) is 8.34. The minimum absolute atomic E-state index is 0.805. The standard InChI is InChI=1S/C11H21N/c1-9-5-6-11(4-3-7-12)10(2)8-9/h8-9,11H,3-7,12H2,1-2H3. The smallest absolute Gasteiger partial charge is 0.00771 e. The van der Waals surface area contributed by atoms with E-state index in [1.54, 1.807) is 5.57 Å². The maximum atomic E-state index is 5.50. The van der Waals surface area contributed by atoms with Gasteiger partial charge in [0.15, 0.2) is 0 Å². The van der Waals surface area contributed by atoms with Gasteiger partial charge >= 0.3 is 0 Å². The quantitative estimate of drug-likeness (QED) is 0.643. The van der Waals surface area contributed by atoms with Crippen LogP contribution in [0.15, 0.2) is 11.6 Å². The first-order valence-electron chi connectivity index (χ1n) is 5.12. The fourth-order valence-corrected chi connectivity index (χ4v) is 2.10. The normalized spacial score (nSPS) is 30.1. The Labute approximate surface area is 76.0 Å². The predicted molar refractivity (Wildman–Crippen MR) is 53.9 cm³/mol. The summed E-state index contributed by atoms with van der Waals surface area (Å²) in [4.78, 5) is 0. The van der Waals surface area contributed by atoms with Gasteiger partial charge in [0.05, 0.1) is 0 Å². The van der Waals surface area contributed by atoms with Crippen LogP contribution in [0.5, 0.6) is 0 Å². The molecule has 1 aliphatic rings. The summed E-state index contributed by atoms with van der Waals surface area (Å²) in [5.41, 5.74) is 7.10. The lowest BCUT2D eigenvalue weighted by Crippen LogP contribution is -2.12. The molecular weight excluding hydrogens is 146 g/mol. The van der Waals surface area contributed by atoms with Crippen LogP contribution in [0.1, 0.15) is 39.5 Å². The molecule has 1 rings (SSSR count). The van der Waals surface area contributed by atoms with Crippen LogP contribution in [-0.2, 0) is 0 Å². The summed E-state index contributed by atoms with van der Waals surface area (Å²) in [5.74, 6) is 1.64. The lowest BCUT2D eigenvalue weighted by atomic mass is 9.81. The Morgan fingerprint density at radius 3 is 2.83 bits per heavy atom. The molecule has 0 saturated heterocycles. The summed E-state index contributed by atoms with van der Waals surface area (Å²) in [6.07, 6.45) is 7.66. The summed E-state index contributed by atoms with van der Waals surface area (Å²) in [6, 6.07) is 0. The monoisotopic (exact) mass is 167 g/mol. The number of hydrogen-bond donors (Lipinski definition) is 1. The van der Waals surface area contributed by atoms with Crippen molar-refractivity contribution in [1.29, 1.82) is 0 Å². The molecule has 0 aromatic heterocycles. The average molecular weight is 167 g/mol. The van der Waals surface area contributed by atoms with Gasteiger partial charge in [0.2, 0.25) is 0 Å². The molecule has 2 unspecified atom stereocenters. The van der Waals surface area contributed by atoms with E-state index in [-0.39, 0.29) is 0 Å². The summed E-state index contributed by atoms with van der Waals surface area (Å²) >= 11 is 0. The van der Waals surface area contributed by atoms with Crippen molar-refractivity contribution in [2.75, 3.05) is 6.54 Å². The summed E-state index contributed by atoms with van der Waals surface area (Å²) in [7, 11) is 0. The number of nitrogens with two attached hydrogens (primary N) is 1. The van der Waals surface area contributed by atoms with Crippen molar-refractivity contribution < 1.29 is 0 Å². The largest absolute Gasteiger partial charge is 0.330 e. The minimum atomic E-state index is 0.805. The van der Waals surface area contributed by atoms with E-state index in [1.165, 1.54) is 25.7 Å². The van der Waals surface area contributed by atoms with Gasteiger partial charge in [-0.15, -0.1) is 0 Å². The SMILES string of the molecule is CC1=CC(C)CCC1CCCN. The molecule has 0 amide bonds. The average Bonchev–Trinajstić information content (AvgIpc) is 2.03. The Balaban J connectivity index is 2.40. The van der Waals surface area contributed by atoms with Crippen LogP contribution in [0.25, 0.3) is 0 Å². The maximum absolute atomic E-state index is 5.50. The van der Waals surface area contributed by atoms with Gasteiger partial charge in [-0.25, -0.2) is 0 Å². The van der Waals surface area contributed by atoms with Crippen LogP contribution in [0.3, 0.4) is 0 Å². The highest BCUT2D eigenvalue weighted by atomic mass is 14.5. The molecule has 1 aliphatic carbocycles. The second-order valence-electron chi connectivity index (χ2n) is 4.09. The molecule has 2 N–H and O–H groups in total. The van der Waals surface area contributed by atoms with Gasteiger partial charge in [0.1, 0.15) is 0 Å². The van der Waals surface area contributed by atoms with Crippen LogP contribution in [0.2, 0.25) is 0 Å². The van der Waals surface area contributed by atoms with E-state index in [0.717, 1.165) is 18.4 Å². The van der Waals surface area contributed by atoms with E-state index in [9.17, 15) is 0 Å². The molecule has 0 aliphatic heterocycles. The maximum Gasteiger partial charge on any atom is -0.00771 e.